The molecule has 0 amide bonds. The average molecular weight is 247 g/mol. The molecule has 18 heavy (non-hydrogen) atoms. The highest BCUT2D eigenvalue weighted by atomic mass is 14.7. The zero-order chi connectivity index (χ0) is 14.0. The molecule has 0 spiro atoms. The predicted molar refractivity (Wildman–Crippen MR) is 80.9 cm³/mol. The molecule has 1 heteroatoms. The molecule has 0 saturated carbocycles. The van der Waals surface area contributed by atoms with Crippen LogP contribution in [0.4, 0.5) is 0 Å². The van der Waals surface area contributed by atoms with Crippen molar-refractivity contribution in [3.8, 4) is 0 Å². The largest absolute Gasteiger partial charge is 0.327 e. The van der Waals surface area contributed by atoms with Gasteiger partial charge in [0.05, 0.1) is 0 Å². The summed E-state index contributed by atoms with van der Waals surface area (Å²) in [5.41, 5.74) is 9.48. The third kappa shape index (κ3) is 3.84. The molecule has 0 bridgehead atoms. The summed E-state index contributed by atoms with van der Waals surface area (Å²) in [7, 11) is 0. The van der Waals surface area contributed by atoms with Gasteiger partial charge in [-0.05, 0) is 34.8 Å². The van der Waals surface area contributed by atoms with Crippen LogP contribution < -0.4 is 5.73 Å². The Morgan fingerprint density at radius 2 is 1.50 bits per heavy atom. The van der Waals surface area contributed by atoms with E-state index in [-0.39, 0.29) is 16.9 Å². The fourth-order valence-corrected chi connectivity index (χ4v) is 1.93. The van der Waals surface area contributed by atoms with Gasteiger partial charge in [-0.2, -0.15) is 0 Å². The van der Waals surface area contributed by atoms with E-state index in [0.29, 0.717) is 0 Å². The van der Waals surface area contributed by atoms with Gasteiger partial charge in [-0.25, -0.2) is 0 Å². The van der Waals surface area contributed by atoms with Gasteiger partial charge in [0.15, 0.2) is 0 Å². The quantitative estimate of drug-likeness (QED) is 0.844. The van der Waals surface area contributed by atoms with E-state index in [1.165, 1.54) is 11.1 Å². The Balaban J connectivity index is 2.76. The van der Waals surface area contributed by atoms with Gasteiger partial charge in [0.1, 0.15) is 0 Å². The van der Waals surface area contributed by atoms with Crippen molar-refractivity contribution in [1.29, 1.82) is 0 Å². The number of benzene rings is 1. The Morgan fingerprint density at radius 3 is 1.89 bits per heavy atom. The highest BCUT2D eigenvalue weighted by molar-refractivity contribution is 5.28. The molecule has 1 atom stereocenters. The summed E-state index contributed by atoms with van der Waals surface area (Å²) >= 11 is 0. The molecule has 0 aliphatic carbocycles. The Kier molecular flexibility index (Phi) is 4.61. The second kappa shape index (κ2) is 5.44. The lowest BCUT2D eigenvalue weighted by Crippen LogP contribution is -2.38. The van der Waals surface area contributed by atoms with Crippen LogP contribution in [0.2, 0.25) is 0 Å². The molecule has 0 radical (unpaired) electrons. The van der Waals surface area contributed by atoms with Gasteiger partial charge in [-0.15, -0.1) is 0 Å². The fourth-order valence-electron chi connectivity index (χ4n) is 1.93. The van der Waals surface area contributed by atoms with Crippen LogP contribution in [0.3, 0.4) is 0 Å². The van der Waals surface area contributed by atoms with Gasteiger partial charge in [0, 0.05) is 6.04 Å². The second-order valence-corrected chi connectivity index (χ2v) is 7.10. The Hall–Kier alpha value is -0.820. The standard InChI is InChI=1S/C17H29N/c1-7-17(5,6)15(18)12-13-8-10-14(11-9-13)16(2,3)4/h8-11,15H,7,12,18H2,1-6H3. The van der Waals surface area contributed by atoms with Crippen molar-refractivity contribution in [3.05, 3.63) is 35.4 Å². The first-order valence-corrected chi connectivity index (χ1v) is 7.02. The van der Waals surface area contributed by atoms with Gasteiger partial charge >= 0.3 is 0 Å². The Bertz CT molecular complexity index is 368. The van der Waals surface area contributed by atoms with Gasteiger partial charge < -0.3 is 5.73 Å². The highest BCUT2D eigenvalue weighted by Gasteiger charge is 2.24. The lowest BCUT2D eigenvalue weighted by atomic mass is 9.79. The van der Waals surface area contributed by atoms with E-state index < -0.39 is 0 Å². The third-order valence-electron chi connectivity index (χ3n) is 4.19. The minimum Gasteiger partial charge on any atom is -0.327 e. The van der Waals surface area contributed by atoms with Crippen LogP contribution in [-0.4, -0.2) is 6.04 Å². The van der Waals surface area contributed by atoms with Gasteiger partial charge in [-0.3, -0.25) is 0 Å². The van der Waals surface area contributed by atoms with Crippen molar-refractivity contribution in [2.75, 3.05) is 0 Å². The predicted octanol–water partition coefficient (Wildman–Crippen LogP) is 4.29. The first-order chi connectivity index (χ1) is 8.16. The lowest BCUT2D eigenvalue weighted by Gasteiger charge is -2.30. The van der Waals surface area contributed by atoms with Crippen molar-refractivity contribution < 1.29 is 0 Å². The summed E-state index contributed by atoms with van der Waals surface area (Å²) in [5.74, 6) is 0. The summed E-state index contributed by atoms with van der Waals surface area (Å²) in [6, 6.07) is 9.16. The number of nitrogens with two attached hydrogens (primary N) is 1. The van der Waals surface area contributed by atoms with Crippen molar-refractivity contribution >= 4 is 0 Å². The zero-order valence-corrected chi connectivity index (χ0v) is 12.9. The van der Waals surface area contributed by atoms with Crippen LogP contribution in [0.5, 0.6) is 0 Å². The van der Waals surface area contributed by atoms with E-state index >= 15 is 0 Å². The highest BCUT2D eigenvalue weighted by Crippen LogP contribution is 2.27. The molecular weight excluding hydrogens is 218 g/mol. The molecule has 0 saturated heterocycles. The Morgan fingerprint density at radius 1 is 1.00 bits per heavy atom. The normalized spacial score (nSPS) is 14.6. The summed E-state index contributed by atoms with van der Waals surface area (Å²) in [5, 5.41) is 0. The number of hydrogen-bond acceptors (Lipinski definition) is 1. The monoisotopic (exact) mass is 247 g/mol. The average Bonchev–Trinajstić information content (AvgIpc) is 2.28. The molecule has 1 unspecified atom stereocenters. The minimum absolute atomic E-state index is 0.211. The molecule has 1 nitrogen and oxygen atoms in total. The van der Waals surface area contributed by atoms with Gasteiger partial charge in [0.25, 0.3) is 0 Å². The van der Waals surface area contributed by atoms with Crippen LogP contribution in [0, 0.1) is 5.41 Å². The van der Waals surface area contributed by atoms with Gasteiger partial charge in [0.2, 0.25) is 0 Å². The van der Waals surface area contributed by atoms with E-state index in [2.05, 4.69) is 65.8 Å². The number of rotatable bonds is 4. The van der Waals surface area contributed by atoms with Crippen molar-refractivity contribution in [2.24, 2.45) is 11.1 Å². The molecule has 0 fully saturated rings. The molecular formula is C17H29N. The molecule has 0 aliphatic rings. The second-order valence-electron chi connectivity index (χ2n) is 7.10. The Labute approximate surface area is 113 Å². The smallest absolute Gasteiger partial charge is 0.0131 e. The molecule has 1 aromatic carbocycles. The van der Waals surface area contributed by atoms with E-state index in [4.69, 9.17) is 5.73 Å². The maximum absolute atomic E-state index is 6.32. The van der Waals surface area contributed by atoms with Crippen molar-refractivity contribution in [2.45, 2.75) is 65.8 Å². The first-order valence-electron chi connectivity index (χ1n) is 7.02. The molecule has 0 heterocycles. The van der Waals surface area contributed by atoms with Crippen LogP contribution in [-0.2, 0) is 11.8 Å². The SMILES string of the molecule is CCC(C)(C)C(N)Cc1ccc(C(C)(C)C)cc1. The van der Waals surface area contributed by atoms with E-state index in [0.717, 1.165) is 12.8 Å². The first kappa shape index (κ1) is 15.2. The van der Waals surface area contributed by atoms with Crippen LogP contribution >= 0.6 is 0 Å². The lowest BCUT2D eigenvalue weighted by molar-refractivity contribution is 0.272. The fraction of sp³-hybridized carbons (Fsp3) is 0.647. The summed E-state index contributed by atoms with van der Waals surface area (Å²) in [4.78, 5) is 0. The van der Waals surface area contributed by atoms with Crippen LogP contribution in [0.1, 0.15) is 59.1 Å². The topological polar surface area (TPSA) is 26.0 Å². The van der Waals surface area contributed by atoms with E-state index in [1.54, 1.807) is 0 Å². The molecule has 1 aromatic rings. The summed E-state index contributed by atoms with van der Waals surface area (Å²) in [6.45, 7) is 13.4. The van der Waals surface area contributed by atoms with Crippen molar-refractivity contribution in [3.63, 3.8) is 0 Å². The van der Waals surface area contributed by atoms with Crippen LogP contribution in [0.25, 0.3) is 0 Å². The molecule has 0 aliphatic heterocycles. The number of hydrogen-bond donors (Lipinski definition) is 1. The molecule has 2 N–H and O–H groups in total. The van der Waals surface area contributed by atoms with Gasteiger partial charge in [-0.1, -0.05) is 65.8 Å². The molecule has 1 rings (SSSR count). The van der Waals surface area contributed by atoms with E-state index in [9.17, 15) is 0 Å². The summed E-state index contributed by atoms with van der Waals surface area (Å²) < 4.78 is 0. The zero-order valence-electron chi connectivity index (χ0n) is 12.9. The molecule has 102 valence electrons. The third-order valence-corrected chi connectivity index (χ3v) is 4.19. The molecule has 0 aromatic heterocycles. The maximum atomic E-state index is 6.32. The minimum atomic E-state index is 0.211. The van der Waals surface area contributed by atoms with Crippen molar-refractivity contribution in [1.82, 2.24) is 0 Å². The van der Waals surface area contributed by atoms with E-state index in [1.807, 2.05) is 0 Å². The maximum Gasteiger partial charge on any atom is 0.0131 e. The summed E-state index contributed by atoms with van der Waals surface area (Å²) in [6.07, 6.45) is 2.08. The van der Waals surface area contributed by atoms with Crippen LogP contribution in [0.15, 0.2) is 24.3 Å².